The zero-order chi connectivity index (χ0) is 14.0. The Morgan fingerprint density at radius 2 is 2.11 bits per heavy atom. The number of sulfonamides is 1. The highest BCUT2D eigenvalue weighted by Gasteiger charge is 2.30. The van der Waals surface area contributed by atoms with E-state index in [9.17, 15) is 18.0 Å². The SMILES string of the molecule is CS(=O)(=O)N1CCCC(CN2CC(=O)NCC2=O)C1. The molecule has 2 heterocycles. The van der Waals surface area contributed by atoms with Gasteiger partial charge in [0, 0.05) is 19.6 Å². The molecule has 2 aliphatic rings. The Hall–Kier alpha value is -1.15. The van der Waals surface area contributed by atoms with Gasteiger partial charge in [-0.1, -0.05) is 0 Å². The van der Waals surface area contributed by atoms with Gasteiger partial charge in [-0.2, -0.15) is 0 Å². The summed E-state index contributed by atoms with van der Waals surface area (Å²) in [4.78, 5) is 24.5. The van der Waals surface area contributed by atoms with Gasteiger partial charge in [0.1, 0.15) is 0 Å². The minimum absolute atomic E-state index is 0.0430. The number of piperidine rings is 1. The molecule has 0 saturated carbocycles. The Balaban J connectivity index is 1.95. The molecule has 2 saturated heterocycles. The molecule has 0 aromatic heterocycles. The smallest absolute Gasteiger partial charge is 0.242 e. The minimum Gasteiger partial charge on any atom is -0.345 e. The van der Waals surface area contributed by atoms with Gasteiger partial charge in [0.05, 0.1) is 19.3 Å². The summed E-state index contributed by atoms with van der Waals surface area (Å²) in [5.74, 6) is -0.148. The van der Waals surface area contributed by atoms with Gasteiger partial charge >= 0.3 is 0 Å². The lowest BCUT2D eigenvalue weighted by Gasteiger charge is -2.35. The number of hydrogen-bond donors (Lipinski definition) is 1. The molecule has 2 aliphatic heterocycles. The normalized spacial score (nSPS) is 26.4. The number of amides is 2. The molecular weight excluding hydrogens is 270 g/mol. The van der Waals surface area contributed by atoms with Crippen LogP contribution < -0.4 is 5.32 Å². The summed E-state index contributed by atoms with van der Waals surface area (Å²) in [7, 11) is -3.17. The van der Waals surface area contributed by atoms with E-state index in [1.54, 1.807) is 0 Å². The number of nitrogens with zero attached hydrogens (tertiary/aromatic N) is 2. The van der Waals surface area contributed by atoms with Crippen molar-refractivity contribution >= 4 is 21.8 Å². The summed E-state index contributed by atoms with van der Waals surface area (Å²) in [5.41, 5.74) is 0. The van der Waals surface area contributed by atoms with Crippen LogP contribution in [0.4, 0.5) is 0 Å². The predicted molar refractivity (Wildman–Crippen MR) is 68.7 cm³/mol. The van der Waals surface area contributed by atoms with Gasteiger partial charge in [-0.05, 0) is 18.8 Å². The van der Waals surface area contributed by atoms with Gasteiger partial charge in [0.15, 0.2) is 0 Å². The maximum absolute atomic E-state index is 11.7. The quantitative estimate of drug-likeness (QED) is 0.693. The molecule has 0 aromatic rings. The highest BCUT2D eigenvalue weighted by atomic mass is 32.2. The van der Waals surface area contributed by atoms with Crippen LogP contribution in [-0.2, 0) is 19.6 Å². The Morgan fingerprint density at radius 1 is 1.37 bits per heavy atom. The van der Waals surface area contributed by atoms with Gasteiger partial charge < -0.3 is 10.2 Å². The molecule has 2 rings (SSSR count). The first-order valence-electron chi connectivity index (χ1n) is 6.36. The molecule has 8 heteroatoms. The summed E-state index contributed by atoms with van der Waals surface area (Å²) in [6.07, 6.45) is 2.89. The van der Waals surface area contributed by atoms with Crippen LogP contribution in [0.2, 0.25) is 0 Å². The first kappa shape index (κ1) is 14.3. The van der Waals surface area contributed by atoms with Crippen LogP contribution in [0.3, 0.4) is 0 Å². The van der Waals surface area contributed by atoms with Crippen molar-refractivity contribution in [2.24, 2.45) is 5.92 Å². The lowest BCUT2D eigenvalue weighted by Crippen LogP contribution is -2.54. The molecule has 1 unspecified atom stereocenters. The lowest BCUT2D eigenvalue weighted by atomic mass is 9.99. The molecule has 0 radical (unpaired) electrons. The number of hydrogen-bond acceptors (Lipinski definition) is 4. The molecular formula is C11H19N3O4S. The van der Waals surface area contributed by atoms with Crippen molar-refractivity contribution in [2.45, 2.75) is 12.8 Å². The molecule has 1 N–H and O–H groups in total. The van der Waals surface area contributed by atoms with E-state index in [4.69, 9.17) is 0 Å². The van der Waals surface area contributed by atoms with E-state index in [1.807, 2.05) is 0 Å². The summed E-state index contributed by atoms with van der Waals surface area (Å²) in [6.45, 7) is 1.56. The second-order valence-electron chi connectivity index (χ2n) is 5.18. The van der Waals surface area contributed by atoms with Crippen LogP contribution in [-0.4, -0.2) is 68.4 Å². The molecule has 2 fully saturated rings. The topological polar surface area (TPSA) is 86.8 Å². The molecule has 19 heavy (non-hydrogen) atoms. The van der Waals surface area contributed by atoms with E-state index >= 15 is 0 Å². The van der Waals surface area contributed by atoms with Gasteiger partial charge in [-0.3, -0.25) is 9.59 Å². The van der Waals surface area contributed by atoms with Crippen molar-refractivity contribution in [3.63, 3.8) is 0 Å². The zero-order valence-corrected chi connectivity index (χ0v) is 11.8. The Labute approximate surface area is 113 Å². The highest BCUT2D eigenvalue weighted by Crippen LogP contribution is 2.20. The monoisotopic (exact) mass is 289 g/mol. The van der Waals surface area contributed by atoms with Crippen molar-refractivity contribution in [3.05, 3.63) is 0 Å². The second-order valence-corrected chi connectivity index (χ2v) is 7.16. The predicted octanol–water partition coefficient (Wildman–Crippen LogP) is -1.38. The summed E-state index contributed by atoms with van der Waals surface area (Å²) in [5, 5.41) is 2.50. The molecule has 2 amide bonds. The fourth-order valence-corrected chi connectivity index (χ4v) is 3.50. The maximum Gasteiger partial charge on any atom is 0.242 e. The first-order chi connectivity index (χ1) is 8.86. The van der Waals surface area contributed by atoms with Crippen molar-refractivity contribution < 1.29 is 18.0 Å². The van der Waals surface area contributed by atoms with Gasteiger partial charge in [-0.15, -0.1) is 0 Å². The maximum atomic E-state index is 11.7. The van der Waals surface area contributed by atoms with Crippen molar-refractivity contribution in [1.82, 2.24) is 14.5 Å². The van der Waals surface area contributed by atoms with Crippen LogP contribution in [0, 0.1) is 5.92 Å². The number of carbonyl (C=O) groups excluding carboxylic acids is 2. The summed E-state index contributed by atoms with van der Waals surface area (Å²) in [6, 6.07) is 0. The third-order valence-corrected chi connectivity index (χ3v) is 4.82. The third-order valence-electron chi connectivity index (χ3n) is 3.55. The zero-order valence-electron chi connectivity index (χ0n) is 11.0. The summed E-state index contributed by atoms with van der Waals surface area (Å²) < 4.78 is 24.5. The van der Waals surface area contributed by atoms with E-state index in [1.165, 1.54) is 15.5 Å². The fourth-order valence-electron chi connectivity index (χ4n) is 2.56. The number of nitrogens with one attached hydrogen (secondary N) is 1. The van der Waals surface area contributed by atoms with Crippen molar-refractivity contribution in [2.75, 3.05) is 39.0 Å². The highest BCUT2D eigenvalue weighted by molar-refractivity contribution is 7.88. The molecule has 0 aliphatic carbocycles. The van der Waals surface area contributed by atoms with Gasteiger partial charge in [-0.25, -0.2) is 12.7 Å². The van der Waals surface area contributed by atoms with Crippen LogP contribution in [0.1, 0.15) is 12.8 Å². The molecule has 7 nitrogen and oxygen atoms in total. The van der Waals surface area contributed by atoms with Gasteiger partial charge in [0.25, 0.3) is 0 Å². The molecule has 0 aromatic carbocycles. The number of piperazine rings is 1. The molecule has 108 valence electrons. The average molecular weight is 289 g/mol. The third kappa shape index (κ3) is 3.66. The van der Waals surface area contributed by atoms with E-state index in [-0.39, 0.29) is 30.8 Å². The molecule has 1 atom stereocenters. The van der Waals surface area contributed by atoms with Crippen molar-refractivity contribution in [1.29, 1.82) is 0 Å². The summed E-state index contributed by atoms with van der Waals surface area (Å²) >= 11 is 0. The van der Waals surface area contributed by atoms with E-state index in [0.717, 1.165) is 12.8 Å². The minimum atomic E-state index is -3.17. The standard InChI is InChI=1S/C11H19N3O4S/c1-19(17,18)14-4-2-3-9(7-14)6-13-8-10(15)12-5-11(13)16/h9H,2-8H2,1H3,(H,12,15). The second kappa shape index (κ2) is 5.46. The van der Waals surface area contributed by atoms with Crippen LogP contribution in [0.5, 0.6) is 0 Å². The molecule has 0 bridgehead atoms. The van der Waals surface area contributed by atoms with E-state index < -0.39 is 10.0 Å². The largest absolute Gasteiger partial charge is 0.345 e. The lowest BCUT2D eigenvalue weighted by molar-refractivity contribution is -0.141. The van der Waals surface area contributed by atoms with E-state index in [2.05, 4.69) is 5.32 Å². The first-order valence-corrected chi connectivity index (χ1v) is 8.20. The van der Waals surface area contributed by atoms with Gasteiger partial charge in [0.2, 0.25) is 21.8 Å². The van der Waals surface area contributed by atoms with Crippen LogP contribution in [0.15, 0.2) is 0 Å². The van der Waals surface area contributed by atoms with Crippen LogP contribution >= 0.6 is 0 Å². The number of rotatable bonds is 3. The van der Waals surface area contributed by atoms with Crippen molar-refractivity contribution in [3.8, 4) is 0 Å². The Kier molecular flexibility index (Phi) is 4.10. The Morgan fingerprint density at radius 3 is 2.79 bits per heavy atom. The molecule has 0 spiro atoms. The Bertz CT molecular complexity index is 476. The van der Waals surface area contributed by atoms with Crippen LogP contribution in [0.25, 0.3) is 0 Å². The van der Waals surface area contributed by atoms with E-state index in [0.29, 0.717) is 19.6 Å². The fraction of sp³-hybridized carbons (Fsp3) is 0.818. The average Bonchev–Trinajstić information content (AvgIpc) is 2.33. The number of carbonyl (C=O) groups is 2.